The molecule has 4 unspecified atom stereocenters. The molecule has 9 heteroatoms. The van der Waals surface area contributed by atoms with Gasteiger partial charge in [-0.15, -0.1) is 0 Å². The minimum atomic E-state index is -0.624. The Balaban J connectivity index is 0.00000144. The van der Waals surface area contributed by atoms with Gasteiger partial charge in [0.05, 0.1) is 0 Å². The summed E-state index contributed by atoms with van der Waals surface area (Å²) in [5.74, 6) is 1.00. The first-order chi connectivity index (χ1) is 20.5. The largest absolute Gasteiger partial charge is 1.00 e. The van der Waals surface area contributed by atoms with Crippen LogP contribution in [0.15, 0.2) is 150 Å². The Bertz CT molecular complexity index is 1650. The molecule has 2 aliphatic heterocycles. The Morgan fingerprint density at radius 2 is 0.783 bits per heavy atom. The van der Waals surface area contributed by atoms with E-state index in [4.69, 9.17) is 24.4 Å². The van der Waals surface area contributed by atoms with Gasteiger partial charge in [0.15, 0.2) is 12.2 Å². The molecule has 0 fully saturated rings. The summed E-state index contributed by atoms with van der Waals surface area (Å²) in [7, 11) is 0. The van der Waals surface area contributed by atoms with Crippen molar-refractivity contribution in [3.63, 3.8) is 0 Å². The maximum absolute atomic E-state index is 6.63. The predicted octanol–water partition coefficient (Wildman–Crippen LogP) is -1.04. The SMILES string of the molecule is CC1(c2ccccc2)N=C(c2cccc(C3=NC(C)(c4ccccc4)C(c4ccccc4)O3)n2)OC1c1ccccc1.[Cl-].[Cl-].[Cl-].[V]. The van der Waals surface area contributed by atoms with Gasteiger partial charge in [0.2, 0.25) is 11.8 Å². The minimum absolute atomic E-state index is 0. The maximum Gasteiger partial charge on any atom is 0.237 e. The topological polar surface area (TPSA) is 56.1 Å². The Kier molecular flexibility index (Phi) is 12.3. The monoisotopic (exact) mass is 705 g/mol. The summed E-state index contributed by atoms with van der Waals surface area (Å²) in [6, 6.07) is 46.9. The second-order valence-corrected chi connectivity index (χ2v) is 11.1. The number of aliphatic imine (C=N–C) groups is 2. The normalized spacial score (nSPS) is 22.7. The predicted molar refractivity (Wildman–Crippen MR) is 165 cm³/mol. The van der Waals surface area contributed by atoms with Gasteiger partial charge in [-0.05, 0) is 48.2 Å². The van der Waals surface area contributed by atoms with Gasteiger partial charge >= 0.3 is 0 Å². The van der Waals surface area contributed by atoms with Crippen LogP contribution in [0.25, 0.3) is 0 Å². The van der Waals surface area contributed by atoms with E-state index >= 15 is 0 Å². The van der Waals surface area contributed by atoms with Crippen LogP contribution >= 0.6 is 0 Å². The quantitative estimate of drug-likeness (QED) is 0.227. The molecule has 1 radical (unpaired) electrons. The average Bonchev–Trinajstić information content (AvgIpc) is 3.62. The first kappa shape index (κ1) is 36.9. The molecule has 235 valence electrons. The van der Waals surface area contributed by atoms with Crippen molar-refractivity contribution < 1.29 is 65.3 Å². The standard InChI is InChI=1S/C37H31N3O2.3ClH.V/c1-36(28-20-11-5-12-21-28)32(26-16-7-3-8-17-26)41-34(39-36)30-24-15-25-31(38-30)35-40-37(2,29-22-13-6-14-23-29)33(42-35)27-18-9-4-10-19-27;;;;/h3-25,32-33H,1-2H3;3*1H;/p-3. The number of hydrogen-bond acceptors (Lipinski definition) is 5. The molecule has 7 rings (SSSR count). The maximum atomic E-state index is 6.63. The van der Waals surface area contributed by atoms with E-state index in [-0.39, 0.29) is 68.0 Å². The number of halogens is 3. The zero-order valence-electron chi connectivity index (χ0n) is 25.2. The molecule has 0 saturated carbocycles. The summed E-state index contributed by atoms with van der Waals surface area (Å²) in [4.78, 5) is 15.4. The molecular formula is C37H31Cl3N3O2V-3. The molecule has 0 saturated heterocycles. The summed E-state index contributed by atoms with van der Waals surface area (Å²) < 4.78 is 13.3. The molecule has 5 nitrogen and oxygen atoms in total. The number of pyridine rings is 1. The van der Waals surface area contributed by atoms with Crippen LogP contribution in [0.3, 0.4) is 0 Å². The van der Waals surface area contributed by atoms with Gasteiger partial charge in [0.25, 0.3) is 0 Å². The van der Waals surface area contributed by atoms with Gasteiger partial charge in [0, 0.05) is 18.6 Å². The molecule has 0 N–H and O–H groups in total. The molecule has 0 spiro atoms. The van der Waals surface area contributed by atoms with Gasteiger partial charge < -0.3 is 46.7 Å². The van der Waals surface area contributed by atoms with Gasteiger partial charge in [-0.1, -0.05) is 127 Å². The van der Waals surface area contributed by atoms with Crippen LogP contribution < -0.4 is 37.2 Å². The Morgan fingerprint density at radius 3 is 1.13 bits per heavy atom. The summed E-state index contributed by atoms with van der Waals surface area (Å²) in [6.45, 7) is 4.24. The fraction of sp³-hybridized carbons (Fsp3) is 0.162. The molecular weight excluding hydrogens is 676 g/mol. The van der Waals surface area contributed by atoms with E-state index in [0.717, 1.165) is 22.3 Å². The van der Waals surface area contributed by atoms with Crippen molar-refractivity contribution in [2.45, 2.75) is 37.1 Å². The Morgan fingerprint density at radius 1 is 0.457 bits per heavy atom. The van der Waals surface area contributed by atoms with Crippen LogP contribution in [0.5, 0.6) is 0 Å². The van der Waals surface area contributed by atoms with Crippen molar-refractivity contribution in [1.29, 1.82) is 0 Å². The number of aromatic nitrogens is 1. The van der Waals surface area contributed by atoms with Crippen molar-refractivity contribution in [3.05, 3.63) is 173 Å². The zero-order chi connectivity index (χ0) is 28.6. The van der Waals surface area contributed by atoms with Crippen molar-refractivity contribution in [3.8, 4) is 0 Å². The smallest absolute Gasteiger partial charge is 0.237 e. The van der Waals surface area contributed by atoms with Crippen molar-refractivity contribution >= 4 is 11.8 Å². The molecule has 3 heterocycles. The van der Waals surface area contributed by atoms with Crippen LogP contribution in [-0.2, 0) is 39.1 Å². The van der Waals surface area contributed by atoms with Gasteiger partial charge in [-0.3, -0.25) is 0 Å². The summed E-state index contributed by atoms with van der Waals surface area (Å²) in [5.41, 5.74) is 4.32. The van der Waals surface area contributed by atoms with E-state index in [1.165, 1.54) is 0 Å². The Hall–Kier alpha value is -3.58. The number of rotatable bonds is 6. The first-order valence-corrected chi connectivity index (χ1v) is 14.3. The molecule has 2 aliphatic rings. The Labute approximate surface area is 300 Å². The van der Waals surface area contributed by atoms with E-state index in [1.807, 2.05) is 91.0 Å². The first-order valence-electron chi connectivity index (χ1n) is 14.3. The van der Waals surface area contributed by atoms with Crippen LogP contribution in [0, 0.1) is 0 Å². The molecule has 0 bridgehead atoms. The summed E-state index contributed by atoms with van der Waals surface area (Å²) in [6.07, 6.45) is -0.601. The number of ether oxygens (including phenoxy) is 2. The van der Waals surface area contributed by atoms with Crippen LogP contribution in [-0.4, -0.2) is 16.8 Å². The molecule has 4 aromatic carbocycles. The average molecular weight is 707 g/mol. The fourth-order valence-electron chi connectivity index (χ4n) is 5.98. The third-order valence-electron chi connectivity index (χ3n) is 8.26. The van der Waals surface area contributed by atoms with Crippen LogP contribution in [0.4, 0.5) is 0 Å². The zero-order valence-corrected chi connectivity index (χ0v) is 28.8. The van der Waals surface area contributed by atoms with Gasteiger partial charge in [0.1, 0.15) is 22.5 Å². The number of nitrogens with zero attached hydrogens (tertiary/aromatic N) is 3. The number of benzene rings is 4. The third kappa shape index (κ3) is 6.76. The number of hydrogen-bond donors (Lipinski definition) is 0. The van der Waals surface area contributed by atoms with Crippen LogP contribution in [0.1, 0.15) is 59.7 Å². The molecule has 46 heavy (non-hydrogen) atoms. The molecule has 0 aliphatic carbocycles. The summed E-state index contributed by atoms with van der Waals surface area (Å²) >= 11 is 0. The molecule has 0 amide bonds. The van der Waals surface area contributed by atoms with Gasteiger partial charge in [-0.2, -0.15) is 0 Å². The van der Waals surface area contributed by atoms with E-state index in [0.29, 0.717) is 23.2 Å². The molecule has 5 aromatic rings. The van der Waals surface area contributed by atoms with Crippen molar-refractivity contribution in [2.75, 3.05) is 0 Å². The second-order valence-electron chi connectivity index (χ2n) is 11.1. The molecule has 1 aromatic heterocycles. The second kappa shape index (κ2) is 15.3. The summed E-state index contributed by atoms with van der Waals surface area (Å²) in [5, 5.41) is 0. The van der Waals surface area contributed by atoms with Crippen LogP contribution in [0.2, 0.25) is 0 Å². The van der Waals surface area contributed by atoms with E-state index < -0.39 is 11.1 Å². The van der Waals surface area contributed by atoms with E-state index in [2.05, 4.69) is 62.4 Å². The minimum Gasteiger partial charge on any atom is -1.00 e. The van der Waals surface area contributed by atoms with Crippen molar-refractivity contribution in [2.24, 2.45) is 9.98 Å². The van der Waals surface area contributed by atoms with E-state index in [9.17, 15) is 0 Å². The fourth-order valence-corrected chi connectivity index (χ4v) is 5.98. The van der Waals surface area contributed by atoms with Crippen molar-refractivity contribution in [1.82, 2.24) is 4.98 Å². The van der Waals surface area contributed by atoms with E-state index in [1.54, 1.807) is 0 Å². The molecule has 4 atom stereocenters. The third-order valence-corrected chi connectivity index (χ3v) is 8.26. The van der Waals surface area contributed by atoms with Gasteiger partial charge in [-0.25, -0.2) is 15.0 Å².